The van der Waals surface area contributed by atoms with Gasteiger partial charge >= 0.3 is 6.09 Å². The minimum Gasteiger partial charge on any atom is -0.497 e. The topological polar surface area (TPSA) is 77.1 Å². The molecule has 1 unspecified atom stereocenters. The molecule has 0 aliphatic carbocycles. The molecule has 1 N–H and O–H groups in total. The summed E-state index contributed by atoms with van der Waals surface area (Å²) in [6.45, 7) is 8.15. The van der Waals surface area contributed by atoms with E-state index in [4.69, 9.17) is 14.2 Å². The highest BCUT2D eigenvalue weighted by atomic mass is 79.9. The second-order valence-corrected chi connectivity index (χ2v) is 8.29. The molecule has 0 aliphatic heterocycles. The Morgan fingerprint density at radius 1 is 1.15 bits per heavy atom. The first-order valence-corrected chi connectivity index (χ1v) is 11.1. The number of ether oxygens (including phenoxy) is 3. The van der Waals surface area contributed by atoms with E-state index < -0.39 is 12.1 Å². The molecule has 0 fully saturated rings. The minimum absolute atomic E-state index is 0.104. The summed E-state index contributed by atoms with van der Waals surface area (Å²) in [5.74, 6) is 0.929. The van der Waals surface area contributed by atoms with Crippen LogP contribution in [0.1, 0.15) is 17.5 Å². The highest BCUT2D eigenvalue weighted by Gasteiger charge is 2.27. The van der Waals surface area contributed by atoms with Crippen LogP contribution in [0.25, 0.3) is 0 Å². The largest absolute Gasteiger partial charge is 0.497 e. The highest BCUT2D eigenvalue weighted by Crippen LogP contribution is 2.26. The minimum atomic E-state index is -0.845. The van der Waals surface area contributed by atoms with Crippen LogP contribution in [0.4, 0.5) is 4.79 Å². The Morgan fingerprint density at radius 3 is 2.48 bits per heavy atom. The number of hydrogen-bond acceptors (Lipinski definition) is 5. The number of hydrogen-bond donors (Lipinski definition) is 1. The van der Waals surface area contributed by atoms with Crippen LogP contribution in [-0.4, -0.2) is 43.7 Å². The summed E-state index contributed by atoms with van der Waals surface area (Å²) in [5, 5.41) is 2.65. The second kappa shape index (κ2) is 13.3. The van der Waals surface area contributed by atoms with E-state index in [9.17, 15) is 9.59 Å². The van der Waals surface area contributed by atoms with E-state index in [2.05, 4.69) is 34.4 Å². The smallest absolute Gasteiger partial charge is 0.408 e. The maximum Gasteiger partial charge on any atom is 0.408 e. The van der Waals surface area contributed by atoms with E-state index in [0.717, 1.165) is 11.1 Å². The molecule has 2 aromatic rings. The number of carbonyl (C=O) groups excluding carboxylic acids is 2. The summed E-state index contributed by atoms with van der Waals surface area (Å²) >= 11 is 3.33. The van der Waals surface area contributed by atoms with Gasteiger partial charge in [-0.2, -0.15) is 0 Å². The van der Waals surface area contributed by atoms with Crippen LogP contribution < -0.4 is 14.8 Å². The standard InChI is InChI=1S/C25H29BrN2O5/c1-5-9-22(27-25(30)33-17-19-10-7-6-8-11-19)24(29)28(15-18(2)26)16-20-12-13-21(31-3)14-23(20)32-4/h5-8,10-14,22H,1-2,9,15-17H2,3-4H3,(H,27,30). The highest BCUT2D eigenvalue weighted by molar-refractivity contribution is 9.11. The summed E-state index contributed by atoms with van der Waals surface area (Å²) in [5.41, 5.74) is 1.63. The molecular formula is C25H29BrN2O5. The third-order valence-corrected chi connectivity index (χ3v) is 4.99. The van der Waals surface area contributed by atoms with E-state index >= 15 is 0 Å². The molecule has 0 saturated carbocycles. The van der Waals surface area contributed by atoms with Crippen molar-refractivity contribution in [3.05, 3.63) is 83.4 Å². The first-order valence-electron chi connectivity index (χ1n) is 10.3. The lowest BCUT2D eigenvalue weighted by atomic mass is 10.1. The van der Waals surface area contributed by atoms with E-state index in [1.54, 1.807) is 37.3 Å². The first kappa shape index (κ1) is 26.0. The van der Waals surface area contributed by atoms with Gasteiger partial charge in [-0.1, -0.05) is 58.9 Å². The van der Waals surface area contributed by atoms with Crippen molar-refractivity contribution in [2.75, 3.05) is 20.8 Å². The molecule has 0 saturated heterocycles. The monoisotopic (exact) mass is 516 g/mol. The van der Waals surface area contributed by atoms with Gasteiger partial charge in [0.25, 0.3) is 0 Å². The molecule has 2 amide bonds. The number of amides is 2. The molecule has 2 aromatic carbocycles. The molecule has 8 heteroatoms. The fraction of sp³-hybridized carbons (Fsp3) is 0.280. The number of carbonyl (C=O) groups is 2. The maximum atomic E-state index is 13.4. The summed E-state index contributed by atoms with van der Waals surface area (Å²) in [6, 6.07) is 13.8. The normalized spacial score (nSPS) is 11.1. The number of nitrogens with one attached hydrogen (secondary N) is 1. The number of halogens is 1. The van der Waals surface area contributed by atoms with Gasteiger partial charge in [0.15, 0.2) is 0 Å². The molecule has 2 rings (SSSR count). The van der Waals surface area contributed by atoms with Crippen LogP contribution in [-0.2, 0) is 22.7 Å². The molecular weight excluding hydrogens is 488 g/mol. The Morgan fingerprint density at radius 2 is 1.88 bits per heavy atom. The zero-order chi connectivity index (χ0) is 24.2. The Bertz CT molecular complexity index is 965. The quantitative estimate of drug-likeness (QED) is 0.409. The van der Waals surface area contributed by atoms with Crippen LogP contribution >= 0.6 is 15.9 Å². The van der Waals surface area contributed by atoms with E-state index in [1.165, 1.54) is 0 Å². The van der Waals surface area contributed by atoms with Crippen molar-refractivity contribution in [2.45, 2.75) is 25.6 Å². The molecule has 0 aliphatic rings. The van der Waals surface area contributed by atoms with Crippen molar-refractivity contribution < 1.29 is 23.8 Å². The van der Waals surface area contributed by atoms with Gasteiger partial charge in [-0.05, 0) is 24.1 Å². The van der Waals surface area contributed by atoms with E-state index in [-0.39, 0.29) is 32.0 Å². The Labute approximate surface area is 203 Å². The number of benzene rings is 2. The van der Waals surface area contributed by atoms with E-state index in [1.807, 2.05) is 36.4 Å². The lowest BCUT2D eigenvalue weighted by molar-refractivity contribution is -0.133. The van der Waals surface area contributed by atoms with Gasteiger partial charge in [-0.25, -0.2) is 4.79 Å². The van der Waals surface area contributed by atoms with Gasteiger partial charge in [0.1, 0.15) is 24.1 Å². The molecule has 176 valence electrons. The lowest BCUT2D eigenvalue weighted by Crippen LogP contribution is -2.48. The van der Waals surface area contributed by atoms with Crippen molar-refractivity contribution in [3.8, 4) is 11.5 Å². The van der Waals surface area contributed by atoms with Gasteiger partial charge in [0.2, 0.25) is 5.91 Å². The van der Waals surface area contributed by atoms with Gasteiger partial charge in [0, 0.05) is 22.7 Å². The third-order valence-electron chi connectivity index (χ3n) is 4.73. The second-order valence-electron chi connectivity index (χ2n) is 7.17. The zero-order valence-corrected chi connectivity index (χ0v) is 20.5. The third kappa shape index (κ3) is 8.31. The molecule has 0 aromatic heterocycles. The van der Waals surface area contributed by atoms with Crippen LogP contribution in [0.3, 0.4) is 0 Å². The predicted molar refractivity (Wildman–Crippen MR) is 131 cm³/mol. The van der Waals surface area contributed by atoms with Gasteiger partial charge in [0.05, 0.1) is 20.8 Å². The lowest BCUT2D eigenvalue weighted by Gasteiger charge is -2.28. The molecule has 0 spiro atoms. The summed E-state index contributed by atoms with van der Waals surface area (Å²) < 4.78 is 16.6. The Hall–Kier alpha value is -3.26. The molecule has 7 nitrogen and oxygen atoms in total. The Balaban J connectivity index is 2.15. The van der Waals surface area contributed by atoms with Crippen molar-refractivity contribution >= 4 is 27.9 Å². The van der Waals surface area contributed by atoms with Crippen molar-refractivity contribution in [1.82, 2.24) is 10.2 Å². The van der Waals surface area contributed by atoms with Crippen LogP contribution in [0.15, 0.2) is 72.2 Å². The number of alkyl carbamates (subject to hydrolysis) is 1. The number of methoxy groups -OCH3 is 2. The van der Waals surface area contributed by atoms with E-state index in [0.29, 0.717) is 16.0 Å². The maximum absolute atomic E-state index is 13.4. The zero-order valence-electron chi connectivity index (χ0n) is 18.9. The fourth-order valence-electron chi connectivity index (χ4n) is 3.12. The molecule has 0 heterocycles. The van der Waals surface area contributed by atoms with Crippen molar-refractivity contribution in [1.29, 1.82) is 0 Å². The summed E-state index contributed by atoms with van der Waals surface area (Å²) in [4.78, 5) is 27.3. The van der Waals surface area contributed by atoms with Gasteiger partial charge in [-0.15, -0.1) is 6.58 Å². The van der Waals surface area contributed by atoms with Gasteiger partial charge < -0.3 is 24.4 Å². The molecule has 1 atom stereocenters. The number of nitrogens with zero attached hydrogens (tertiary/aromatic N) is 1. The summed E-state index contributed by atoms with van der Waals surface area (Å²) in [7, 11) is 3.13. The number of rotatable bonds is 12. The molecule has 33 heavy (non-hydrogen) atoms. The van der Waals surface area contributed by atoms with Crippen LogP contribution in [0.5, 0.6) is 11.5 Å². The first-order chi connectivity index (χ1) is 15.9. The average molecular weight is 517 g/mol. The molecule has 0 radical (unpaired) electrons. The Kier molecular flexibility index (Phi) is 10.5. The molecule has 0 bridgehead atoms. The van der Waals surface area contributed by atoms with Crippen LogP contribution in [0, 0.1) is 0 Å². The van der Waals surface area contributed by atoms with Crippen molar-refractivity contribution in [3.63, 3.8) is 0 Å². The summed E-state index contributed by atoms with van der Waals surface area (Å²) in [6.07, 6.45) is 1.14. The predicted octanol–water partition coefficient (Wildman–Crippen LogP) is 4.81. The average Bonchev–Trinajstić information content (AvgIpc) is 2.82. The van der Waals surface area contributed by atoms with Crippen LogP contribution in [0.2, 0.25) is 0 Å². The van der Waals surface area contributed by atoms with Crippen molar-refractivity contribution in [2.24, 2.45) is 0 Å². The van der Waals surface area contributed by atoms with Gasteiger partial charge in [-0.3, -0.25) is 4.79 Å². The SMILES string of the molecule is C=CCC(NC(=O)OCc1ccccc1)C(=O)N(CC(=C)Br)Cc1ccc(OC)cc1OC. The fourth-order valence-corrected chi connectivity index (χ4v) is 3.43.